The standard InChI is InChI=1S/C19H21ClN6O2/c1-24-18-14(10-22-24)19(28)26(12-21-18)11-17(27)23-15-9-13(20)5-6-16(15)25-7-3-2-4-8-25/h5-6,9-10,12H,2-4,7-8,11H2,1H3,(H,23,27). The fourth-order valence-electron chi connectivity index (χ4n) is 3.54. The van der Waals surface area contributed by atoms with Crippen LogP contribution in [-0.4, -0.2) is 38.3 Å². The SMILES string of the molecule is Cn1ncc2c(=O)n(CC(=O)Nc3cc(Cl)ccc3N3CCCCC3)cnc21. The van der Waals surface area contributed by atoms with E-state index in [1.165, 1.54) is 28.2 Å². The van der Waals surface area contributed by atoms with Gasteiger partial charge in [0, 0.05) is 25.2 Å². The number of hydrogen-bond donors (Lipinski definition) is 1. The van der Waals surface area contributed by atoms with E-state index < -0.39 is 0 Å². The van der Waals surface area contributed by atoms with Crippen molar-refractivity contribution in [3.8, 4) is 0 Å². The molecule has 3 aromatic rings. The Kier molecular flexibility index (Phi) is 5.04. The molecule has 1 N–H and O–H groups in total. The summed E-state index contributed by atoms with van der Waals surface area (Å²) in [5.41, 5.74) is 1.80. The number of rotatable bonds is 4. The number of nitrogens with one attached hydrogen (secondary N) is 1. The van der Waals surface area contributed by atoms with Crippen LogP contribution in [0.4, 0.5) is 11.4 Å². The molecule has 4 rings (SSSR count). The number of carbonyl (C=O) groups is 1. The topological polar surface area (TPSA) is 85.0 Å². The maximum Gasteiger partial charge on any atom is 0.264 e. The zero-order valence-corrected chi connectivity index (χ0v) is 16.3. The van der Waals surface area contributed by atoms with Gasteiger partial charge in [0.25, 0.3) is 5.56 Å². The summed E-state index contributed by atoms with van der Waals surface area (Å²) in [7, 11) is 1.72. The Balaban J connectivity index is 1.56. The zero-order valence-electron chi connectivity index (χ0n) is 15.6. The third-order valence-electron chi connectivity index (χ3n) is 4.96. The van der Waals surface area contributed by atoms with Crippen LogP contribution < -0.4 is 15.8 Å². The summed E-state index contributed by atoms with van der Waals surface area (Å²) in [5, 5.41) is 7.87. The molecule has 1 aliphatic heterocycles. The number of aromatic nitrogens is 4. The van der Waals surface area contributed by atoms with Gasteiger partial charge in [0.05, 0.1) is 17.6 Å². The molecule has 0 radical (unpaired) electrons. The van der Waals surface area contributed by atoms with E-state index in [0.29, 0.717) is 21.7 Å². The molecule has 1 aromatic carbocycles. The highest BCUT2D eigenvalue weighted by Gasteiger charge is 2.17. The maximum absolute atomic E-state index is 12.6. The fourth-order valence-corrected chi connectivity index (χ4v) is 3.71. The molecule has 146 valence electrons. The Bertz CT molecular complexity index is 1080. The van der Waals surface area contributed by atoms with Gasteiger partial charge < -0.3 is 10.2 Å². The summed E-state index contributed by atoms with van der Waals surface area (Å²) >= 11 is 6.15. The summed E-state index contributed by atoms with van der Waals surface area (Å²) in [6, 6.07) is 5.50. The Morgan fingerprint density at radius 3 is 2.82 bits per heavy atom. The number of halogens is 1. The zero-order chi connectivity index (χ0) is 19.7. The average molecular weight is 401 g/mol. The maximum atomic E-state index is 12.6. The lowest BCUT2D eigenvalue weighted by Crippen LogP contribution is -2.31. The van der Waals surface area contributed by atoms with E-state index in [-0.39, 0.29) is 18.0 Å². The normalized spacial score (nSPS) is 14.4. The van der Waals surface area contributed by atoms with Crippen molar-refractivity contribution in [1.82, 2.24) is 19.3 Å². The lowest BCUT2D eigenvalue weighted by Gasteiger charge is -2.30. The summed E-state index contributed by atoms with van der Waals surface area (Å²) in [6.07, 6.45) is 6.31. The number of nitrogens with zero attached hydrogens (tertiary/aromatic N) is 5. The minimum atomic E-state index is -0.312. The number of piperidine rings is 1. The van der Waals surface area contributed by atoms with Crippen molar-refractivity contribution in [3.63, 3.8) is 0 Å². The molecule has 0 saturated carbocycles. The average Bonchev–Trinajstić information content (AvgIpc) is 3.06. The number of fused-ring (bicyclic) bond motifs is 1. The van der Waals surface area contributed by atoms with Crippen LogP contribution in [0.3, 0.4) is 0 Å². The van der Waals surface area contributed by atoms with Crippen LogP contribution >= 0.6 is 11.6 Å². The predicted molar refractivity (Wildman–Crippen MR) is 109 cm³/mol. The van der Waals surface area contributed by atoms with Gasteiger partial charge in [-0.2, -0.15) is 5.10 Å². The van der Waals surface area contributed by atoms with Crippen molar-refractivity contribution in [3.05, 3.63) is 46.1 Å². The second-order valence-corrected chi connectivity index (χ2v) is 7.38. The van der Waals surface area contributed by atoms with Crippen molar-refractivity contribution >= 4 is 39.9 Å². The first kappa shape index (κ1) is 18.5. The first-order chi connectivity index (χ1) is 13.5. The molecule has 1 fully saturated rings. The molecule has 9 heteroatoms. The molecule has 1 aliphatic rings. The minimum Gasteiger partial charge on any atom is -0.370 e. The van der Waals surface area contributed by atoms with Gasteiger partial charge >= 0.3 is 0 Å². The molecule has 28 heavy (non-hydrogen) atoms. The van der Waals surface area contributed by atoms with E-state index in [4.69, 9.17) is 11.6 Å². The molecular formula is C19H21ClN6O2. The minimum absolute atomic E-state index is 0.136. The highest BCUT2D eigenvalue weighted by atomic mass is 35.5. The lowest BCUT2D eigenvalue weighted by atomic mass is 10.1. The number of anilines is 2. The highest BCUT2D eigenvalue weighted by Crippen LogP contribution is 2.31. The van der Waals surface area contributed by atoms with Crippen molar-refractivity contribution in [1.29, 1.82) is 0 Å². The number of hydrogen-bond acceptors (Lipinski definition) is 5. The van der Waals surface area contributed by atoms with Crippen molar-refractivity contribution in [2.24, 2.45) is 7.05 Å². The van der Waals surface area contributed by atoms with Gasteiger partial charge in [0.1, 0.15) is 18.3 Å². The van der Waals surface area contributed by atoms with Crippen LogP contribution in [0.15, 0.2) is 35.5 Å². The van der Waals surface area contributed by atoms with Crippen LogP contribution in [-0.2, 0) is 18.4 Å². The summed E-state index contributed by atoms with van der Waals surface area (Å²) in [4.78, 5) is 31.7. The van der Waals surface area contributed by atoms with Gasteiger partial charge in [-0.1, -0.05) is 11.6 Å². The number of carbonyl (C=O) groups excluding carboxylic acids is 1. The quantitative estimate of drug-likeness (QED) is 0.726. The van der Waals surface area contributed by atoms with Crippen LogP contribution in [0, 0.1) is 0 Å². The van der Waals surface area contributed by atoms with E-state index in [1.807, 2.05) is 12.1 Å². The van der Waals surface area contributed by atoms with E-state index >= 15 is 0 Å². The molecule has 0 spiro atoms. The van der Waals surface area contributed by atoms with E-state index in [2.05, 4.69) is 20.3 Å². The fraction of sp³-hybridized carbons (Fsp3) is 0.368. The molecule has 0 atom stereocenters. The van der Waals surface area contributed by atoms with Gasteiger partial charge in [-0.15, -0.1) is 0 Å². The molecule has 3 heterocycles. The highest BCUT2D eigenvalue weighted by molar-refractivity contribution is 6.31. The van der Waals surface area contributed by atoms with Crippen molar-refractivity contribution < 1.29 is 4.79 Å². The van der Waals surface area contributed by atoms with Gasteiger partial charge in [0.15, 0.2) is 5.65 Å². The molecule has 1 saturated heterocycles. The first-order valence-electron chi connectivity index (χ1n) is 9.24. The number of aryl methyl sites for hydroxylation is 1. The van der Waals surface area contributed by atoms with E-state index in [0.717, 1.165) is 31.6 Å². The molecule has 2 aromatic heterocycles. The molecule has 8 nitrogen and oxygen atoms in total. The van der Waals surface area contributed by atoms with Gasteiger partial charge in [0.2, 0.25) is 5.91 Å². The Hall–Kier alpha value is -2.87. The van der Waals surface area contributed by atoms with Crippen LogP contribution in [0.5, 0.6) is 0 Å². The van der Waals surface area contributed by atoms with Crippen LogP contribution in [0.25, 0.3) is 11.0 Å². The first-order valence-corrected chi connectivity index (χ1v) is 9.62. The van der Waals surface area contributed by atoms with Crippen molar-refractivity contribution in [2.75, 3.05) is 23.3 Å². The molecule has 1 amide bonds. The molecule has 0 unspecified atom stereocenters. The van der Waals surface area contributed by atoms with E-state index in [1.54, 1.807) is 13.1 Å². The third-order valence-corrected chi connectivity index (χ3v) is 5.20. The third kappa shape index (κ3) is 3.60. The number of amides is 1. The Morgan fingerprint density at radius 1 is 1.25 bits per heavy atom. The van der Waals surface area contributed by atoms with Gasteiger partial charge in [-0.25, -0.2) is 4.98 Å². The predicted octanol–water partition coefficient (Wildman–Crippen LogP) is 2.41. The second-order valence-electron chi connectivity index (χ2n) is 6.94. The van der Waals surface area contributed by atoms with Crippen molar-refractivity contribution in [2.45, 2.75) is 25.8 Å². The molecule has 0 bridgehead atoms. The largest absolute Gasteiger partial charge is 0.370 e. The summed E-state index contributed by atoms with van der Waals surface area (Å²) in [6.45, 7) is 1.76. The second kappa shape index (κ2) is 7.63. The number of benzene rings is 1. The van der Waals surface area contributed by atoms with E-state index in [9.17, 15) is 9.59 Å². The van der Waals surface area contributed by atoms with Gasteiger partial charge in [-0.05, 0) is 37.5 Å². The smallest absolute Gasteiger partial charge is 0.264 e. The van der Waals surface area contributed by atoms with Gasteiger partial charge in [-0.3, -0.25) is 18.8 Å². The summed E-state index contributed by atoms with van der Waals surface area (Å²) < 4.78 is 2.81. The lowest BCUT2D eigenvalue weighted by molar-refractivity contribution is -0.116. The Labute approximate surface area is 166 Å². The Morgan fingerprint density at radius 2 is 2.04 bits per heavy atom. The molecular weight excluding hydrogens is 380 g/mol. The summed E-state index contributed by atoms with van der Waals surface area (Å²) in [5.74, 6) is -0.312. The van der Waals surface area contributed by atoms with Crippen LogP contribution in [0.1, 0.15) is 19.3 Å². The van der Waals surface area contributed by atoms with Crippen LogP contribution in [0.2, 0.25) is 5.02 Å². The molecule has 0 aliphatic carbocycles. The monoisotopic (exact) mass is 400 g/mol.